The van der Waals surface area contributed by atoms with E-state index < -0.39 is 12.1 Å². The second-order valence-electron chi connectivity index (χ2n) is 7.07. The van der Waals surface area contributed by atoms with Crippen LogP contribution < -0.4 is 5.32 Å². The lowest BCUT2D eigenvalue weighted by atomic mass is 9.98. The summed E-state index contributed by atoms with van der Waals surface area (Å²) in [7, 11) is 0. The molecule has 6 heteroatoms. The van der Waals surface area contributed by atoms with Crippen LogP contribution in [0.3, 0.4) is 0 Å². The number of hydrogen-bond donors (Lipinski definition) is 2. The first-order chi connectivity index (χ1) is 15.1. The van der Waals surface area contributed by atoms with Crippen molar-refractivity contribution in [1.29, 1.82) is 0 Å². The molecular formula is C25H20N2O4. The Morgan fingerprint density at radius 1 is 1.03 bits per heavy atom. The molecule has 0 fully saturated rings. The van der Waals surface area contributed by atoms with E-state index in [1.807, 2.05) is 24.3 Å². The first kappa shape index (κ1) is 20.2. The van der Waals surface area contributed by atoms with Gasteiger partial charge in [0, 0.05) is 36.8 Å². The number of benzene rings is 2. The van der Waals surface area contributed by atoms with Gasteiger partial charge in [0.05, 0.1) is 5.56 Å². The van der Waals surface area contributed by atoms with Crippen LogP contribution in [0.25, 0.3) is 11.1 Å². The number of carbonyl (C=O) groups is 2. The third kappa shape index (κ3) is 4.57. The standard InChI is InChI=1S/C25H20N2O4/c28-24(29)18-13-17(14-26-15-18)7-5-6-12-27-25(30)31-16-23-21-10-3-1-8-19(21)20-9-2-4-11-22(20)23/h1-4,8-11,13-15,23H,6,12,16H2,(H,27,30)(H,28,29). The highest BCUT2D eigenvalue weighted by molar-refractivity contribution is 5.87. The molecule has 31 heavy (non-hydrogen) atoms. The average molecular weight is 412 g/mol. The van der Waals surface area contributed by atoms with E-state index in [1.165, 1.54) is 40.7 Å². The van der Waals surface area contributed by atoms with Gasteiger partial charge in [-0.3, -0.25) is 4.98 Å². The summed E-state index contributed by atoms with van der Waals surface area (Å²) in [6.45, 7) is 0.592. The van der Waals surface area contributed by atoms with Crippen molar-refractivity contribution in [3.05, 3.63) is 89.2 Å². The van der Waals surface area contributed by atoms with E-state index in [9.17, 15) is 9.59 Å². The number of nitrogens with one attached hydrogen (secondary N) is 1. The molecule has 1 aromatic heterocycles. The molecule has 3 aromatic rings. The van der Waals surface area contributed by atoms with E-state index in [4.69, 9.17) is 9.84 Å². The van der Waals surface area contributed by atoms with Gasteiger partial charge in [-0.05, 0) is 28.3 Å². The maximum Gasteiger partial charge on any atom is 0.407 e. The fourth-order valence-corrected chi connectivity index (χ4v) is 3.67. The van der Waals surface area contributed by atoms with E-state index in [0.717, 1.165) is 0 Å². The summed E-state index contributed by atoms with van der Waals surface area (Å²) in [5.41, 5.74) is 5.30. The highest BCUT2D eigenvalue weighted by Crippen LogP contribution is 2.44. The first-order valence-electron chi connectivity index (χ1n) is 9.89. The highest BCUT2D eigenvalue weighted by Gasteiger charge is 2.28. The number of carboxylic acids is 1. The normalized spacial score (nSPS) is 11.6. The lowest BCUT2D eigenvalue weighted by Crippen LogP contribution is -2.26. The molecule has 4 rings (SSSR count). The zero-order valence-electron chi connectivity index (χ0n) is 16.7. The molecule has 0 radical (unpaired) electrons. The van der Waals surface area contributed by atoms with Gasteiger partial charge < -0.3 is 15.2 Å². The molecule has 0 unspecified atom stereocenters. The average Bonchev–Trinajstić information content (AvgIpc) is 3.11. The molecule has 0 saturated carbocycles. The summed E-state index contributed by atoms with van der Waals surface area (Å²) in [5.74, 6) is 4.71. The number of aromatic carboxylic acids is 1. The maximum absolute atomic E-state index is 12.1. The Labute approximate surface area is 179 Å². The predicted octanol–water partition coefficient (Wildman–Crippen LogP) is 4.06. The van der Waals surface area contributed by atoms with Gasteiger partial charge in [-0.15, -0.1) is 0 Å². The molecule has 0 spiro atoms. The van der Waals surface area contributed by atoms with Gasteiger partial charge in [-0.25, -0.2) is 9.59 Å². The topological polar surface area (TPSA) is 88.5 Å². The van der Waals surface area contributed by atoms with Crippen molar-refractivity contribution in [3.63, 3.8) is 0 Å². The van der Waals surface area contributed by atoms with Crippen molar-refractivity contribution in [3.8, 4) is 23.0 Å². The Morgan fingerprint density at radius 3 is 2.39 bits per heavy atom. The number of pyridine rings is 1. The number of nitrogens with zero attached hydrogens (tertiary/aromatic N) is 1. The third-order valence-corrected chi connectivity index (χ3v) is 5.08. The number of aromatic nitrogens is 1. The fourth-order valence-electron chi connectivity index (χ4n) is 3.67. The summed E-state index contributed by atoms with van der Waals surface area (Å²) in [6.07, 6.45) is 2.68. The number of hydrogen-bond acceptors (Lipinski definition) is 4. The summed E-state index contributed by atoms with van der Waals surface area (Å²) in [6, 6.07) is 17.8. The molecule has 0 bridgehead atoms. The van der Waals surface area contributed by atoms with Crippen LogP contribution in [0.4, 0.5) is 4.79 Å². The van der Waals surface area contributed by atoms with E-state index >= 15 is 0 Å². The van der Waals surface area contributed by atoms with Crippen LogP contribution in [0.5, 0.6) is 0 Å². The summed E-state index contributed by atoms with van der Waals surface area (Å²) in [5, 5.41) is 11.7. The van der Waals surface area contributed by atoms with Crippen molar-refractivity contribution in [2.24, 2.45) is 0 Å². The van der Waals surface area contributed by atoms with Crippen LogP contribution in [0, 0.1) is 11.8 Å². The third-order valence-electron chi connectivity index (χ3n) is 5.08. The Kier molecular flexibility index (Phi) is 5.95. The molecule has 2 aromatic carbocycles. The van der Waals surface area contributed by atoms with E-state index in [0.29, 0.717) is 18.5 Å². The number of fused-ring (bicyclic) bond motifs is 3. The maximum atomic E-state index is 12.1. The van der Waals surface area contributed by atoms with Crippen molar-refractivity contribution < 1.29 is 19.4 Å². The van der Waals surface area contributed by atoms with E-state index in [2.05, 4.69) is 46.4 Å². The van der Waals surface area contributed by atoms with Crippen molar-refractivity contribution in [2.45, 2.75) is 12.3 Å². The van der Waals surface area contributed by atoms with Crippen molar-refractivity contribution in [2.75, 3.05) is 13.2 Å². The van der Waals surface area contributed by atoms with Gasteiger partial charge in [0.1, 0.15) is 6.61 Å². The lowest BCUT2D eigenvalue weighted by molar-refractivity contribution is 0.0696. The van der Waals surface area contributed by atoms with Gasteiger partial charge in [0.2, 0.25) is 0 Å². The first-order valence-corrected chi connectivity index (χ1v) is 9.89. The van der Waals surface area contributed by atoms with Crippen LogP contribution >= 0.6 is 0 Å². The Bertz CT molecular complexity index is 1150. The SMILES string of the molecule is O=C(NCCC#Cc1cncc(C(=O)O)c1)OCC1c2ccccc2-c2ccccc21. The van der Waals surface area contributed by atoms with Crippen molar-refractivity contribution in [1.82, 2.24) is 10.3 Å². The number of rotatable bonds is 5. The lowest BCUT2D eigenvalue weighted by Gasteiger charge is -2.14. The van der Waals surface area contributed by atoms with Crippen LogP contribution in [-0.2, 0) is 4.74 Å². The summed E-state index contributed by atoms with van der Waals surface area (Å²) in [4.78, 5) is 26.9. The van der Waals surface area contributed by atoms with Gasteiger partial charge in [-0.1, -0.05) is 60.4 Å². The van der Waals surface area contributed by atoms with Gasteiger partial charge in [0.25, 0.3) is 0 Å². The number of amides is 1. The van der Waals surface area contributed by atoms with Crippen LogP contribution in [0.1, 0.15) is 39.4 Å². The van der Waals surface area contributed by atoms with Gasteiger partial charge >= 0.3 is 12.1 Å². The van der Waals surface area contributed by atoms with Crippen LogP contribution in [0.15, 0.2) is 67.0 Å². The van der Waals surface area contributed by atoms with Crippen LogP contribution in [0.2, 0.25) is 0 Å². The number of carbonyl (C=O) groups excluding carboxylic acids is 1. The molecule has 1 amide bonds. The molecule has 2 N–H and O–H groups in total. The Morgan fingerprint density at radius 2 is 1.71 bits per heavy atom. The predicted molar refractivity (Wildman–Crippen MR) is 116 cm³/mol. The largest absolute Gasteiger partial charge is 0.478 e. The molecule has 0 aliphatic heterocycles. The molecule has 1 aliphatic rings. The van der Waals surface area contributed by atoms with Gasteiger partial charge in [0.15, 0.2) is 0 Å². The summed E-state index contributed by atoms with van der Waals surface area (Å²) < 4.78 is 5.47. The number of carboxylic acid groups (broad SMARTS) is 1. The molecule has 1 heterocycles. The minimum absolute atomic E-state index is 0.0203. The summed E-state index contributed by atoms with van der Waals surface area (Å²) >= 11 is 0. The molecular weight excluding hydrogens is 392 g/mol. The number of ether oxygens (including phenoxy) is 1. The second-order valence-corrected chi connectivity index (χ2v) is 7.07. The second kappa shape index (κ2) is 9.14. The van der Waals surface area contributed by atoms with Gasteiger partial charge in [-0.2, -0.15) is 0 Å². The Balaban J connectivity index is 1.28. The highest BCUT2D eigenvalue weighted by atomic mass is 16.5. The minimum atomic E-state index is -1.05. The molecule has 0 atom stereocenters. The smallest absolute Gasteiger partial charge is 0.407 e. The molecule has 1 aliphatic carbocycles. The molecule has 6 nitrogen and oxygen atoms in total. The zero-order chi connectivity index (χ0) is 21.6. The molecule has 0 saturated heterocycles. The van der Waals surface area contributed by atoms with E-state index in [1.54, 1.807) is 0 Å². The van der Waals surface area contributed by atoms with E-state index in [-0.39, 0.29) is 18.1 Å². The minimum Gasteiger partial charge on any atom is -0.478 e. The quantitative estimate of drug-likeness (QED) is 0.487. The van der Waals surface area contributed by atoms with Crippen LogP contribution in [-0.4, -0.2) is 35.3 Å². The number of alkyl carbamates (subject to hydrolysis) is 1. The van der Waals surface area contributed by atoms with Crippen molar-refractivity contribution >= 4 is 12.1 Å². The monoisotopic (exact) mass is 412 g/mol. The molecule has 154 valence electrons. The zero-order valence-corrected chi connectivity index (χ0v) is 16.7. The fraction of sp³-hybridized carbons (Fsp3) is 0.160. The Hall–Kier alpha value is -4.11.